The molecule has 1 nitrogen and oxygen atoms in total. The Balaban J connectivity index is 3.24. The zero-order valence-corrected chi connectivity index (χ0v) is 24.3. The third kappa shape index (κ3) is 31.1. The maximum absolute atomic E-state index is 12.1. The van der Waals surface area contributed by atoms with Crippen LogP contribution in [0.15, 0.2) is 24.3 Å². The van der Waals surface area contributed by atoms with Gasteiger partial charge < -0.3 is 0 Å². The lowest BCUT2D eigenvalue weighted by molar-refractivity contribution is -0.119. The lowest BCUT2D eigenvalue weighted by Crippen LogP contribution is -1.97. The zero-order chi connectivity index (χ0) is 25.5. The van der Waals surface area contributed by atoms with Crippen LogP contribution in [-0.4, -0.2) is 5.78 Å². The van der Waals surface area contributed by atoms with Gasteiger partial charge in [-0.3, -0.25) is 4.79 Å². The summed E-state index contributed by atoms with van der Waals surface area (Å²) < 4.78 is 0. The number of allylic oxidation sites excluding steroid dienone is 4. The predicted molar refractivity (Wildman–Crippen MR) is 159 cm³/mol. The van der Waals surface area contributed by atoms with Crippen LogP contribution in [-0.2, 0) is 4.79 Å². The minimum Gasteiger partial charge on any atom is -0.300 e. The van der Waals surface area contributed by atoms with E-state index in [-0.39, 0.29) is 0 Å². The van der Waals surface area contributed by atoms with Crippen LogP contribution in [0.1, 0.15) is 187 Å². The highest BCUT2D eigenvalue weighted by Crippen LogP contribution is 2.13. The van der Waals surface area contributed by atoms with Gasteiger partial charge in [-0.05, 0) is 64.2 Å². The molecule has 0 bridgehead atoms. The summed E-state index contributed by atoms with van der Waals surface area (Å²) in [5.74, 6) is 0.504. The first-order valence-corrected chi connectivity index (χ1v) is 16.1. The highest BCUT2D eigenvalue weighted by atomic mass is 16.1. The molecule has 0 fully saturated rings. The van der Waals surface area contributed by atoms with Crippen LogP contribution >= 0.6 is 0 Å². The summed E-state index contributed by atoms with van der Waals surface area (Å²) in [5, 5.41) is 0. The van der Waals surface area contributed by atoms with Crippen molar-refractivity contribution in [3.63, 3.8) is 0 Å². The second-order valence-corrected chi connectivity index (χ2v) is 10.9. The molecule has 0 atom stereocenters. The van der Waals surface area contributed by atoms with Gasteiger partial charge >= 0.3 is 0 Å². The number of hydrogen-bond acceptors (Lipinski definition) is 1. The van der Waals surface area contributed by atoms with Crippen molar-refractivity contribution in [2.45, 2.75) is 187 Å². The minimum atomic E-state index is 0.504. The van der Waals surface area contributed by atoms with E-state index >= 15 is 0 Å². The topological polar surface area (TPSA) is 17.1 Å². The molecular weight excluding hydrogens is 424 g/mol. The molecule has 0 spiro atoms. The molecule has 0 amide bonds. The highest BCUT2D eigenvalue weighted by molar-refractivity contribution is 5.78. The molecule has 0 saturated carbocycles. The summed E-state index contributed by atoms with van der Waals surface area (Å²) in [6.07, 6.45) is 44.0. The molecule has 0 radical (unpaired) electrons. The van der Waals surface area contributed by atoms with Crippen LogP contribution in [0.3, 0.4) is 0 Å². The van der Waals surface area contributed by atoms with Crippen LogP contribution in [0.4, 0.5) is 0 Å². The van der Waals surface area contributed by atoms with Gasteiger partial charge in [0, 0.05) is 12.8 Å². The Hall–Kier alpha value is -0.850. The fourth-order valence-electron chi connectivity index (χ4n) is 4.73. The fourth-order valence-corrected chi connectivity index (χ4v) is 4.73. The number of rotatable bonds is 29. The van der Waals surface area contributed by atoms with Gasteiger partial charge in [0.2, 0.25) is 0 Å². The van der Waals surface area contributed by atoms with Crippen LogP contribution in [0.5, 0.6) is 0 Å². The van der Waals surface area contributed by atoms with Crippen LogP contribution < -0.4 is 0 Å². The maximum atomic E-state index is 12.1. The van der Waals surface area contributed by atoms with E-state index in [2.05, 4.69) is 38.2 Å². The lowest BCUT2D eigenvalue weighted by atomic mass is 10.0. The fraction of sp³-hybridized carbons (Fsp3) is 0.853. The van der Waals surface area contributed by atoms with E-state index in [0.29, 0.717) is 5.78 Å². The van der Waals surface area contributed by atoms with E-state index in [4.69, 9.17) is 0 Å². The van der Waals surface area contributed by atoms with Crippen LogP contribution in [0.2, 0.25) is 0 Å². The molecular formula is C34H64O. The second-order valence-electron chi connectivity index (χ2n) is 10.9. The van der Waals surface area contributed by atoms with Crippen LogP contribution in [0, 0.1) is 0 Å². The average Bonchev–Trinajstić information content (AvgIpc) is 2.86. The zero-order valence-electron chi connectivity index (χ0n) is 24.3. The Kier molecular flexibility index (Phi) is 30.4. The van der Waals surface area contributed by atoms with Gasteiger partial charge in [-0.1, -0.05) is 134 Å². The molecule has 0 aromatic heterocycles. The number of carbonyl (C=O) groups excluding carboxylic acids is 1. The Labute approximate surface area is 222 Å². The van der Waals surface area contributed by atoms with E-state index in [0.717, 1.165) is 25.7 Å². The molecule has 1 heteroatoms. The van der Waals surface area contributed by atoms with Crippen molar-refractivity contribution in [1.82, 2.24) is 0 Å². The molecule has 0 heterocycles. The second kappa shape index (κ2) is 31.2. The molecule has 0 aromatic carbocycles. The van der Waals surface area contributed by atoms with Gasteiger partial charge in [0.15, 0.2) is 0 Å². The Morgan fingerprint density at radius 1 is 0.371 bits per heavy atom. The number of ketones is 1. The van der Waals surface area contributed by atoms with Crippen molar-refractivity contribution in [3.05, 3.63) is 24.3 Å². The van der Waals surface area contributed by atoms with Gasteiger partial charge in [0.25, 0.3) is 0 Å². The number of unbranched alkanes of at least 4 members (excludes halogenated alkanes) is 21. The Bertz CT molecular complexity index is 461. The summed E-state index contributed by atoms with van der Waals surface area (Å²) >= 11 is 0. The molecule has 35 heavy (non-hydrogen) atoms. The van der Waals surface area contributed by atoms with E-state index in [1.54, 1.807) is 0 Å². The van der Waals surface area contributed by atoms with E-state index in [9.17, 15) is 4.79 Å². The van der Waals surface area contributed by atoms with Crippen molar-refractivity contribution < 1.29 is 4.79 Å². The summed E-state index contributed by atoms with van der Waals surface area (Å²) in [6, 6.07) is 0. The molecule has 0 rings (SSSR count). The normalized spacial score (nSPS) is 11.8. The molecule has 0 aliphatic rings. The van der Waals surface area contributed by atoms with E-state index in [1.807, 2.05) is 0 Å². The monoisotopic (exact) mass is 488 g/mol. The first-order valence-electron chi connectivity index (χ1n) is 16.1. The molecule has 0 aliphatic carbocycles. The first kappa shape index (κ1) is 34.1. The third-order valence-corrected chi connectivity index (χ3v) is 7.18. The van der Waals surface area contributed by atoms with Gasteiger partial charge in [-0.15, -0.1) is 0 Å². The number of Topliss-reactive ketones (excluding diaryl/α,β-unsaturated/α-hetero) is 1. The quantitative estimate of drug-likeness (QED) is 0.0755. The SMILES string of the molecule is CCCCCCC/C=C/CCCCCCCC(=O)CCCCCCC/C=C/CCCCCCCC. The highest BCUT2D eigenvalue weighted by Gasteiger charge is 2.02. The van der Waals surface area contributed by atoms with Crippen LogP contribution in [0.25, 0.3) is 0 Å². The summed E-state index contributed by atoms with van der Waals surface area (Å²) in [4.78, 5) is 12.1. The third-order valence-electron chi connectivity index (χ3n) is 7.18. The van der Waals surface area contributed by atoms with Gasteiger partial charge in [-0.25, -0.2) is 0 Å². The Morgan fingerprint density at radius 3 is 0.943 bits per heavy atom. The first-order chi connectivity index (χ1) is 17.3. The molecule has 206 valence electrons. The largest absolute Gasteiger partial charge is 0.300 e. The van der Waals surface area contributed by atoms with Gasteiger partial charge in [0.05, 0.1) is 0 Å². The summed E-state index contributed by atoms with van der Waals surface area (Å²) in [5.41, 5.74) is 0. The standard InChI is InChI=1S/C34H64O/c1-3-5-7-9-11-13-15-17-19-21-23-25-27-29-31-33-34(35)32-30-28-26-24-22-20-18-16-14-12-10-8-6-4-2/h16-19H,3-15,20-33H2,1-2H3/b18-16+,19-17+. The summed E-state index contributed by atoms with van der Waals surface area (Å²) in [7, 11) is 0. The average molecular weight is 489 g/mol. The van der Waals surface area contributed by atoms with Crippen molar-refractivity contribution in [1.29, 1.82) is 0 Å². The molecule has 0 aromatic rings. The molecule has 0 aliphatic heterocycles. The van der Waals surface area contributed by atoms with Crippen molar-refractivity contribution in [3.8, 4) is 0 Å². The molecule has 0 N–H and O–H groups in total. The smallest absolute Gasteiger partial charge is 0.132 e. The van der Waals surface area contributed by atoms with Crippen molar-refractivity contribution in [2.24, 2.45) is 0 Å². The van der Waals surface area contributed by atoms with Crippen molar-refractivity contribution in [2.75, 3.05) is 0 Å². The Morgan fingerprint density at radius 2 is 0.629 bits per heavy atom. The number of carbonyl (C=O) groups is 1. The van der Waals surface area contributed by atoms with Crippen molar-refractivity contribution >= 4 is 5.78 Å². The minimum absolute atomic E-state index is 0.504. The predicted octanol–water partition coefficient (Wildman–Crippen LogP) is 12.2. The molecule has 0 unspecified atom stereocenters. The number of hydrogen-bond donors (Lipinski definition) is 0. The maximum Gasteiger partial charge on any atom is 0.132 e. The van der Waals surface area contributed by atoms with E-state index < -0.39 is 0 Å². The van der Waals surface area contributed by atoms with Gasteiger partial charge in [-0.2, -0.15) is 0 Å². The molecule has 0 saturated heterocycles. The van der Waals surface area contributed by atoms with Gasteiger partial charge in [0.1, 0.15) is 5.78 Å². The van der Waals surface area contributed by atoms with E-state index in [1.165, 1.54) is 148 Å². The summed E-state index contributed by atoms with van der Waals surface area (Å²) in [6.45, 7) is 4.56. The lowest BCUT2D eigenvalue weighted by Gasteiger charge is -2.03.